The summed E-state index contributed by atoms with van der Waals surface area (Å²) in [6, 6.07) is 7.61. The van der Waals surface area contributed by atoms with Crippen LogP contribution in [0.25, 0.3) is 0 Å². The highest BCUT2D eigenvalue weighted by molar-refractivity contribution is 5.84. The molecule has 2 atom stereocenters. The summed E-state index contributed by atoms with van der Waals surface area (Å²) in [4.78, 5) is 43.6. The summed E-state index contributed by atoms with van der Waals surface area (Å²) in [6.45, 7) is 5.87. The van der Waals surface area contributed by atoms with Gasteiger partial charge in [-0.3, -0.25) is 14.4 Å². The van der Waals surface area contributed by atoms with Gasteiger partial charge in [-0.15, -0.1) is 0 Å². The van der Waals surface area contributed by atoms with E-state index in [1.165, 1.54) is 6.92 Å². The molecule has 0 unspecified atom stereocenters. The molecule has 0 radical (unpaired) electrons. The van der Waals surface area contributed by atoms with Gasteiger partial charge in [-0.25, -0.2) is 0 Å². The van der Waals surface area contributed by atoms with Gasteiger partial charge in [-0.2, -0.15) is 0 Å². The average molecular weight is 456 g/mol. The number of carbonyl (C=O) groups excluding carboxylic acids is 3. The first-order valence-corrected chi connectivity index (χ1v) is 11.8. The maximum atomic E-state index is 13.1. The topological polar surface area (TPSA) is 79.4 Å². The molecule has 2 fully saturated rings. The Bertz CT molecular complexity index is 896. The molecule has 2 bridgehead atoms. The van der Waals surface area contributed by atoms with Gasteiger partial charge in [0.15, 0.2) is 0 Å². The quantitative estimate of drug-likeness (QED) is 0.635. The van der Waals surface area contributed by atoms with Gasteiger partial charge in [0.1, 0.15) is 18.9 Å². The molecule has 3 heterocycles. The van der Waals surface area contributed by atoms with Crippen molar-refractivity contribution in [2.45, 2.75) is 26.3 Å². The van der Waals surface area contributed by atoms with Crippen LogP contribution in [0.1, 0.15) is 25.3 Å². The molecule has 0 spiro atoms. The highest BCUT2D eigenvalue weighted by Crippen LogP contribution is 2.29. The minimum atomic E-state index is -0.145. The normalized spacial score (nSPS) is 25.1. The molecule has 2 saturated heterocycles. The van der Waals surface area contributed by atoms with Gasteiger partial charge in [0.2, 0.25) is 17.7 Å². The summed E-state index contributed by atoms with van der Waals surface area (Å²) >= 11 is 0. The number of morpholine rings is 1. The molecular formula is C25H33N3O5. The largest absolute Gasteiger partial charge is 0.489 e. The predicted octanol–water partition coefficient (Wildman–Crippen LogP) is 1.70. The van der Waals surface area contributed by atoms with Crippen molar-refractivity contribution in [2.75, 3.05) is 52.5 Å². The molecule has 178 valence electrons. The number of benzene rings is 1. The second-order valence-electron chi connectivity index (χ2n) is 8.97. The second-order valence-corrected chi connectivity index (χ2v) is 8.97. The molecule has 0 aliphatic carbocycles. The molecule has 1 aromatic carbocycles. The minimum absolute atomic E-state index is 0.0392. The van der Waals surface area contributed by atoms with Crippen LogP contribution in [0.15, 0.2) is 36.4 Å². The van der Waals surface area contributed by atoms with E-state index < -0.39 is 0 Å². The first-order valence-electron chi connectivity index (χ1n) is 11.8. The van der Waals surface area contributed by atoms with E-state index in [1.54, 1.807) is 4.90 Å². The number of para-hydroxylation sites is 1. The van der Waals surface area contributed by atoms with Crippen LogP contribution in [-0.2, 0) is 25.7 Å². The number of amides is 3. The molecule has 33 heavy (non-hydrogen) atoms. The number of piperidine rings is 1. The van der Waals surface area contributed by atoms with E-state index in [9.17, 15) is 14.4 Å². The Hall–Kier alpha value is -2.87. The highest BCUT2D eigenvalue weighted by atomic mass is 16.5. The lowest BCUT2D eigenvalue weighted by atomic mass is 9.82. The lowest BCUT2D eigenvalue weighted by Crippen LogP contribution is -2.49. The van der Waals surface area contributed by atoms with E-state index in [0.29, 0.717) is 64.7 Å². The van der Waals surface area contributed by atoms with Gasteiger partial charge in [-0.1, -0.05) is 30.4 Å². The molecular weight excluding hydrogens is 422 g/mol. The minimum Gasteiger partial charge on any atom is -0.489 e. The van der Waals surface area contributed by atoms with Crippen LogP contribution >= 0.6 is 0 Å². The first kappa shape index (κ1) is 23.3. The van der Waals surface area contributed by atoms with Crippen molar-refractivity contribution in [3.63, 3.8) is 0 Å². The molecule has 3 aliphatic rings. The summed E-state index contributed by atoms with van der Waals surface area (Å²) in [7, 11) is 0. The Balaban J connectivity index is 1.52. The first-order chi connectivity index (χ1) is 16.0. The molecule has 0 saturated carbocycles. The molecule has 3 aliphatic heterocycles. The van der Waals surface area contributed by atoms with Gasteiger partial charge < -0.3 is 24.2 Å². The molecule has 0 aromatic heterocycles. The molecule has 1 aromatic rings. The number of hydrogen-bond acceptors (Lipinski definition) is 5. The number of fused-ring (bicyclic) bond motifs is 3. The van der Waals surface area contributed by atoms with Crippen molar-refractivity contribution in [2.24, 2.45) is 11.8 Å². The smallest absolute Gasteiger partial charge is 0.242 e. The van der Waals surface area contributed by atoms with Crippen molar-refractivity contribution in [1.29, 1.82) is 0 Å². The average Bonchev–Trinajstić information content (AvgIpc) is 2.83. The third-order valence-electron chi connectivity index (χ3n) is 6.78. The molecule has 8 heteroatoms. The summed E-state index contributed by atoms with van der Waals surface area (Å²) < 4.78 is 11.4. The monoisotopic (exact) mass is 455 g/mol. The van der Waals surface area contributed by atoms with Crippen molar-refractivity contribution in [1.82, 2.24) is 14.7 Å². The van der Waals surface area contributed by atoms with Crippen LogP contribution in [-0.4, -0.2) is 85.0 Å². The van der Waals surface area contributed by atoms with Gasteiger partial charge in [-0.05, 0) is 24.3 Å². The van der Waals surface area contributed by atoms with Crippen LogP contribution in [0.5, 0.6) is 5.75 Å². The Labute approximate surface area is 195 Å². The summed E-state index contributed by atoms with van der Waals surface area (Å²) in [5, 5.41) is 0. The maximum absolute atomic E-state index is 13.1. The SMILES string of the molecule is CC(=O)N1CC(=O)N2CC[C@@H](CC(=O)N3CCOCC3)[C@@H](/C=C\COc3ccccc3C1)C2. The zero-order valence-corrected chi connectivity index (χ0v) is 19.3. The van der Waals surface area contributed by atoms with Crippen LogP contribution in [0, 0.1) is 11.8 Å². The molecule has 8 nitrogen and oxygen atoms in total. The standard InChI is InChI=1S/C25H33N3O5/c1-19(29)28-17-22-5-2-3-7-23(22)33-12-4-6-21-16-27(25(31)18-28)9-8-20(21)15-24(30)26-10-13-32-14-11-26/h2-7,20-21H,8-18H2,1H3/b6-4-/t20-,21-/m0/s1. The van der Waals surface area contributed by atoms with Crippen LogP contribution < -0.4 is 4.74 Å². The Morgan fingerprint density at radius 2 is 1.85 bits per heavy atom. The zero-order valence-electron chi connectivity index (χ0n) is 19.3. The van der Waals surface area contributed by atoms with Crippen molar-refractivity contribution >= 4 is 17.7 Å². The number of hydrogen-bond donors (Lipinski definition) is 0. The Morgan fingerprint density at radius 3 is 2.64 bits per heavy atom. The summed E-state index contributed by atoms with van der Waals surface area (Å²) in [6.07, 6.45) is 5.32. The highest BCUT2D eigenvalue weighted by Gasteiger charge is 2.33. The van der Waals surface area contributed by atoms with E-state index >= 15 is 0 Å². The van der Waals surface area contributed by atoms with Crippen LogP contribution in [0.2, 0.25) is 0 Å². The fraction of sp³-hybridized carbons (Fsp3) is 0.560. The number of nitrogens with zero attached hydrogens (tertiary/aromatic N) is 3. The Morgan fingerprint density at radius 1 is 1.06 bits per heavy atom. The predicted molar refractivity (Wildman–Crippen MR) is 122 cm³/mol. The molecule has 0 N–H and O–H groups in total. The van der Waals surface area contributed by atoms with Crippen molar-refractivity contribution in [3.05, 3.63) is 42.0 Å². The van der Waals surface area contributed by atoms with Crippen molar-refractivity contribution < 1.29 is 23.9 Å². The van der Waals surface area contributed by atoms with Gasteiger partial charge in [0.25, 0.3) is 0 Å². The summed E-state index contributed by atoms with van der Waals surface area (Å²) in [5.74, 6) is 0.905. The molecule has 3 amide bonds. The van der Waals surface area contributed by atoms with E-state index in [4.69, 9.17) is 9.47 Å². The van der Waals surface area contributed by atoms with E-state index in [-0.39, 0.29) is 36.1 Å². The van der Waals surface area contributed by atoms with E-state index in [1.807, 2.05) is 40.1 Å². The number of carbonyl (C=O) groups is 3. The fourth-order valence-electron chi connectivity index (χ4n) is 4.79. The fourth-order valence-corrected chi connectivity index (χ4v) is 4.79. The number of rotatable bonds is 2. The van der Waals surface area contributed by atoms with Crippen LogP contribution in [0.3, 0.4) is 0 Å². The molecule has 4 rings (SSSR count). The van der Waals surface area contributed by atoms with E-state index in [0.717, 1.165) is 12.0 Å². The van der Waals surface area contributed by atoms with Crippen molar-refractivity contribution in [3.8, 4) is 5.75 Å². The lowest BCUT2D eigenvalue weighted by Gasteiger charge is -2.39. The van der Waals surface area contributed by atoms with Gasteiger partial charge >= 0.3 is 0 Å². The third kappa shape index (κ3) is 5.93. The van der Waals surface area contributed by atoms with Crippen LogP contribution in [0.4, 0.5) is 0 Å². The number of ether oxygens (including phenoxy) is 2. The maximum Gasteiger partial charge on any atom is 0.242 e. The van der Waals surface area contributed by atoms with Gasteiger partial charge in [0.05, 0.1) is 13.2 Å². The third-order valence-corrected chi connectivity index (χ3v) is 6.78. The Kier molecular flexibility index (Phi) is 7.65. The second kappa shape index (κ2) is 10.8. The summed E-state index contributed by atoms with van der Waals surface area (Å²) in [5.41, 5.74) is 0.875. The van der Waals surface area contributed by atoms with E-state index in [2.05, 4.69) is 6.08 Å². The lowest BCUT2D eigenvalue weighted by molar-refractivity contribution is -0.142. The zero-order chi connectivity index (χ0) is 23.2. The van der Waals surface area contributed by atoms with Gasteiger partial charge in [0, 0.05) is 51.6 Å².